The first-order valence-corrected chi connectivity index (χ1v) is 5.28. The van der Waals surface area contributed by atoms with E-state index in [-0.39, 0.29) is 23.0 Å². The first kappa shape index (κ1) is 11.9. The molecule has 4 nitrogen and oxygen atoms in total. The van der Waals surface area contributed by atoms with Crippen LogP contribution in [0.3, 0.4) is 0 Å². The molecule has 0 amide bonds. The number of rotatable bonds is 2. The molecule has 0 atom stereocenters. The van der Waals surface area contributed by atoms with Gasteiger partial charge in [0.25, 0.3) is 0 Å². The summed E-state index contributed by atoms with van der Waals surface area (Å²) in [6, 6.07) is 8.78. The molecule has 0 aliphatic carbocycles. The summed E-state index contributed by atoms with van der Waals surface area (Å²) in [4.78, 5) is 0. The average molecular weight is 244 g/mol. The molecule has 0 spiro atoms. The number of benzene rings is 2. The molecular formula is C14H12O4. The summed E-state index contributed by atoms with van der Waals surface area (Å²) in [6.07, 6.45) is 3.18. The number of phenols is 4. The summed E-state index contributed by atoms with van der Waals surface area (Å²) in [5.41, 5.74) is 1.02. The molecule has 4 heteroatoms. The summed E-state index contributed by atoms with van der Waals surface area (Å²) < 4.78 is 0. The number of para-hydroxylation sites is 1. The van der Waals surface area contributed by atoms with Gasteiger partial charge in [0.2, 0.25) is 0 Å². The number of aromatic hydroxyl groups is 4. The molecule has 0 bridgehead atoms. The maximum atomic E-state index is 9.58. The van der Waals surface area contributed by atoms with Gasteiger partial charge in [0.15, 0.2) is 11.5 Å². The van der Waals surface area contributed by atoms with Crippen LogP contribution < -0.4 is 0 Å². The van der Waals surface area contributed by atoms with E-state index in [9.17, 15) is 20.4 Å². The molecule has 0 heterocycles. The molecule has 0 saturated carbocycles. The zero-order chi connectivity index (χ0) is 13.1. The minimum Gasteiger partial charge on any atom is -0.508 e. The zero-order valence-electron chi connectivity index (χ0n) is 9.41. The Morgan fingerprint density at radius 3 is 2.11 bits per heavy atom. The van der Waals surface area contributed by atoms with Gasteiger partial charge < -0.3 is 20.4 Å². The van der Waals surface area contributed by atoms with Gasteiger partial charge in [-0.1, -0.05) is 24.3 Å². The van der Waals surface area contributed by atoms with Crippen LogP contribution in [0, 0.1) is 0 Å². The minimum absolute atomic E-state index is 0.0465. The Kier molecular flexibility index (Phi) is 3.10. The SMILES string of the molecule is Oc1cc(O)cc(C=Cc2cccc(O)c2O)c1. The molecule has 0 aromatic heterocycles. The molecule has 2 aromatic carbocycles. The van der Waals surface area contributed by atoms with E-state index >= 15 is 0 Å². The van der Waals surface area contributed by atoms with Crippen molar-refractivity contribution in [2.45, 2.75) is 0 Å². The predicted molar refractivity (Wildman–Crippen MR) is 68.5 cm³/mol. The monoisotopic (exact) mass is 244 g/mol. The summed E-state index contributed by atoms with van der Waals surface area (Å²) >= 11 is 0. The summed E-state index contributed by atoms with van der Waals surface area (Å²) in [5, 5.41) is 37.5. The van der Waals surface area contributed by atoms with E-state index in [0.717, 1.165) is 0 Å². The summed E-state index contributed by atoms with van der Waals surface area (Å²) in [6.45, 7) is 0. The van der Waals surface area contributed by atoms with E-state index in [1.165, 1.54) is 24.3 Å². The van der Waals surface area contributed by atoms with Crippen molar-refractivity contribution in [2.24, 2.45) is 0 Å². The van der Waals surface area contributed by atoms with Crippen molar-refractivity contribution in [3.05, 3.63) is 47.5 Å². The molecule has 2 aromatic rings. The Morgan fingerprint density at radius 1 is 0.778 bits per heavy atom. The van der Waals surface area contributed by atoms with Gasteiger partial charge in [-0.25, -0.2) is 0 Å². The Morgan fingerprint density at radius 2 is 1.44 bits per heavy atom. The molecule has 0 radical (unpaired) electrons. The molecule has 2 rings (SSSR count). The molecular weight excluding hydrogens is 232 g/mol. The minimum atomic E-state index is -0.210. The van der Waals surface area contributed by atoms with E-state index in [0.29, 0.717) is 11.1 Å². The van der Waals surface area contributed by atoms with Crippen molar-refractivity contribution in [1.82, 2.24) is 0 Å². The van der Waals surface area contributed by atoms with E-state index in [2.05, 4.69) is 0 Å². The highest BCUT2D eigenvalue weighted by Gasteiger charge is 2.02. The fourth-order valence-electron chi connectivity index (χ4n) is 1.58. The molecule has 92 valence electrons. The number of hydrogen-bond acceptors (Lipinski definition) is 4. The van der Waals surface area contributed by atoms with Crippen LogP contribution in [0.1, 0.15) is 11.1 Å². The molecule has 0 aliphatic heterocycles. The lowest BCUT2D eigenvalue weighted by Crippen LogP contribution is -1.76. The van der Waals surface area contributed by atoms with Crippen molar-refractivity contribution in [1.29, 1.82) is 0 Å². The Balaban J connectivity index is 2.33. The first-order chi connectivity index (χ1) is 8.56. The van der Waals surface area contributed by atoms with Crippen molar-refractivity contribution in [3.63, 3.8) is 0 Å². The second kappa shape index (κ2) is 4.71. The van der Waals surface area contributed by atoms with Crippen molar-refractivity contribution in [2.75, 3.05) is 0 Å². The van der Waals surface area contributed by atoms with Gasteiger partial charge in [-0.2, -0.15) is 0 Å². The molecule has 0 saturated heterocycles. The molecule has 0 unspecified atom stereocenters. The van der Waals surface area contributed by atoms with Crippen LogP contribution >= 0.6 is 0 Å². The van der Waals surface area contributed by atoms with Gasteiger partial charge >= 0.3 is 0 Å². The van der Waals surface area contributed by atoms with Gasteiger partial charge in [-0.05, 0) is 23.8 Å². The maximum absolute atomic E-state index is 9.58. The lowest BCUT2D eigenvalue weighted by molar-refractivity contribution is 0.403. The normalized spacial score (nSPS) is 10.9. The molecule has 4 N–H and O–H groups in total. The van der Waals surface area contributed by atoms with Crippen LogP contribution in [-0.2, 0) is 0 Å². The topological polar surface area (TPSA) is 80.9 Å². The van der Waals surface area contributed by atoms with Crippen LogP contribution in [-0.4, -0.2) is 20.4 Å². The van der Waals surface area contributed by atoms with Gasteiger partial charge in [0.1, 0.15) is 11.5 Å². The second-order valence-electron chi connectivity index (χ2n) is 3.83. The van der Waals surface area contributed by atoms with E-state index in [4.69, 9.17) is 0 Å². The first-order valence-electron chi connectivity index (χ1n) is 5.28. The van der Waals surface area contributed by atoms with Crippen molar-refractivity contribution < 1.29 is 20.4 Å². The summed E-state index contributed by atoms with van der Waals surface area (Å²) in [7, 11) is 0. The van der Waals surface area contributed by atoms with Gasteiger partial charge in [-0.3, -0.25) is 0 Å². The molecule has 0 fully saturated rings. The van der Waals surface area contributed by atoms with E-state index < -0.39 is 0 Å². The molecule has 18 heavy (non-hydrogen) atoms. The smallest absolute Gasteiger partial charge is 0.164 e. The van der Waals surface area contributed by atoms with Crippen LogP contribution in [0.15, 0.2) is 36.4 Å². The van der Waals surface area contributed by atoms with Crippen LogP contribution in [0.2, 0.25) is 0 Å². The largest absolute Gasteiger partial charge is 0.508 e. The van der Waals surface area contributed by atoms with Crippen LogP contribution in [0.5, 0.6) is 23.0 Å². The molecule has 0 aliphatic rings. The highest BCUT2D eigenvalue weighted by Crippen LogP contribution is 2.30. The number of phenolic OH excluding ortho intramolecular Hbond substituents is 4. The Labute approximate surface area is 104 Å². The second-order valence-corrected chi connectivity index (χ2v) is 3.83. The third kappa shape index (κ3) is 2.55. The van der Waals surface area contributed by atoms with Gasteiger partial charge in [0, 0.05) is 11.6 Å². The Bertz CT molecular complexity index is 582. The highest BCUT2D eigenvalue weighted by atomic mass is 16.3. The lowest BCUT2D eigenvalue weighted by Gasteiger charge is -2.01. The van der Waals surface area contributed by atoms with Crippen LogP contribution in [0.4, 0.5) is 0 Å². The lowest BCUT2D eigenvalue weighted by atomic mass is 10.1. The third-order valence-electron chi connectivity index (χ3n) is 2.43. The van der Waals surface area contributed by atoms with Crippen molar-refractivity contribution >= 4 is 12.2 Å². The van der Waals surface area contributed by atoms with E-state index in [1.807, 2.05) is 0 Å². The Hall–Kier alpha value is -2.62. The fourth-order valence-corrected chi connectivity index (χ4v) is 1.58. The maximum Gasteiger partial charge on any atom is 0.164 e. The van der Waals surface area contributed by atoms with Crippen molar-refractivity contribution in [3.8, 4) is 23.0 Å². The zero-order valence-corrected chi connectivity index (χ0v) is 9.41. The quantitative estimate of drug-likeness (QED) is 0.483. The average Bonchev–Trinajstić information content (AvgIpc) is 2.30. The van der Waals surface area contributed by atoms with Gasteiger partial charge in [-0.15, -0.1) is 0 Å². The highest BCUT2D eigenvalue weighted by molar-refractivity contribution is 5.74. The summed E-state index contributed by atoms with van der Waals surface area (Å²) in [5.74, 6) is -0.501. The van der Waals surface area contributed by atoms with E-state index in [1.54, 1.807) is 24.3 Å². The van der Waals surface area contributed by atoms with Crippen LogP contribution in [0.25, 0.3) is 12.2 Å². The van der Waals surface area contributed by atoms with Gasteiger partial charge in [0.05, 0.1) is 0 Å². The number of hydrogen-bond donors (Lipinski definition) is 4. The predicted octanol–water partition coefficient (Wildman–Crippen LogP) is 2.68. The standard InChI is InChI=1S/C14H12O4/c15-11-6-9(7-12(16)8-11)4-5-10-2-1-3-13(17)14(10)18/h1-8,15-18H. The fraction of sp³-hybridized carbons (Fsp3) is 0. The third-order valence-corrected chi connectivity index (χ3v) is 2.43.